The molecule has 0 fully saturated rings. The zero-order chi connectivity index (χ0) is 11.2. The topological polar surface area (TPSA) is 59.8 Å². The first-order valence-corrected chi connectivity index (χ1v) is 5.60. The molecule has 0 unspecified atom stereocenters. The highest BCUT2D eigenvalue weighted by Crippen LogP contribution is 2.19. The van der Waals surface area contributed by atoms with Gasteiger partial charge in [0.25, 0.3) is 0 Å². The van der Waals surface area contributed by atoms with Crippen LogP contribution in [0.15, 0.2) is 24.8 Å². The Morgan fingerprint density at radius 2 is 2.50 bits per heavy atom. The Bertz CT molecular complexity index is 358. The molecule has 0 saturated carbocycles. The van der Waals surface area contributed by atoms with Gasteiger partial charge < -0.3 is 5.32 Å². The summed E-state index contributed by atoms with van der Waals surface area (Å²) in [5.74, 6) is 0.558. The smallest absolute Gasteiger partial charge is 0.220 e. The van der Waals surface area contributed by atoms with Crippen molar-refractivity contribution in [3.63, 3.8) is 0 Å². The van der Waals surface area contributed by atoms with E-state index >= 15 is 0 Å². The number of rotatable bonds is 5. The monoisotopic (exact) mass is 220 g/mol. The lowest BCUT2D eigenvalue weighted by Crippen LogP contribution is -2.28. The molecule has 1 aromatic rings. The molecule has 5 nitrogen and oxygen atoms in total. The average molecular weight is 220 g/mol. The van der Waals surface area contributed by atoms with Gasteiger partial charge in [-0.25, -0.2) is 4.98 Å². The van der Waals surface area contributed by atoms with Gasteiger partial charge in [0.1, 0.15) is 12.7 Å². The van der Waals surface area contributed by atoms with Crippen LogP contribution in [0.4, 0.5) is 0 Å². The molecule has 16 heavy (non-hydrogen) atoms. The van der Waals surface area contributed by atoms with Gasteiger partial charge in [-0.05, 0) is 18.8 Å². The first-order chi connectivity index (χ1) is 7.84. The van der Waals surface area contributed by atoms with Gasteiger partial charge in [0.2, 0.25) is 5.91 Å². The normalized spacial score (nSPS) is 18.9. The Labute approximate surface area is 94.6 Å². The standard InChI is InChI=1S/C11H16N4O/c16-11(7-10-3-1-2-4-10)13-5-6-15-9-12-8-14-15/h1,3,8-10H,2,4-7H2,(H,13,16)/t10-/m1/s1. The molecule has 0 saturated heterocycles. The summed E-state index contributed by atoms with van der Waals surface area (Å²) in [7, 11) is 0. The maximum absolute atomic E-state index is 11.5. The molecule has 86 valence electrons. The molecule has 1 N–H and O–H groups in total. The maximum Gasteiger partial charge on any atom is 0.220 e. The summed E-state index contributed by atoms with van der Waals surface area (Å²) >= 11 is 0. The predicted octanol–water partition coefficient (Wildman–Crippen LogP) is 0.751. The molecule has 0 spiro atoms. The second-order valence-corrected chi connectivity index (χ2v) is 3.98. The largest absolute Gasteiger partial charge is 0.354 e. The van der Waals surface area contributed by atoms with Crippen LogP contribution in [0.3, 0.4) is 0 Å². The minimum absolute atomic E-state index is 0.122. The number of aromatic nitrogens is 3. The Kier molecular flexibility index (Phi) is 3.69. The third-order valence-corrected chi connectivity index (χ3v) is 2.69. The van der Waals surface area contributed by atoms with E-state index < -0.39 is 0 Å². The number of carbonyl (C=O) groups is 1. The van der Waals surface area contributed by atoms with E-state index in [1.165, 1.54) is 6.33 Å². The number of amides is 1. The van der Waals surface area contributed by atoms with Gasteiger partial charge >= 0.3 is 0 Å². The minimum Gasteiger partial charge on any atom is -0.354 e. The number of hydrogen-bond donors (Lipinski definition) is 1. The molecular weight excluding hydrogens is 204 g/mol. The Balaban J connectivity index is 1.62. The number of nitrogens with zero attached hydrogens (tertiary/aromatic N) is 3. The molecule has 1 aliphatic carbocycles. The molecule has 0 aliphatic heterocycles. The lowest BCUT2D eigenvalue weighted by molar-refractivity contribution is -0.121. The Hall–Kier alpha value is -1.65. The molecular formula is C11H16N4O. The van der Waals surface area contributed by atoms with Crippen LogP contribution in [-0.4, -0.2) is 27.2 Å². The van der Waals surface area contributed by atoms with Gasteiger partial charge in [0.05, 0.1) is 6.54 Å². The van der Waals surface area contributed by atoms with Crippen LogP contribution in [0, 0.1) is 5.92 Å². The van der Waals surface area contributed by atoms with Gasteiger partial charge in [-0.15, -0.1) is 0 Å². The highest BCUT2D eigenvalue weighted by Gasteiger charge is 2.13. The van der Waals surface area contributed by atoms with Gasteiger partial charge in [-0.3, -0.25) is 9.48 Å². The summed E-state index contributed by atoms with van der Waals surface area (Å²) in [6, 6.07) is 0. The van der Waals surface area contributed by atoms with E-state index in [0.29, 0.717) is 25.4 Å². The zero-order valence-electron chi connectivity index (χ0n) is 9.17. The van der Waals surface area contributed by atoms with Crippen molar-refractivity contribution in [3.05, 3.63) is 24.8 Å². The van der Waals surface area contributed by atoms with Gasteiger partial charge in [0.15, 0.2) is 0 Å². The van der Waals surface area contributed by atoms with Crippen molar-refractivity contribution in [3.8, 4) is 0 Å². The molecule has 1 amide bonds. The summed E-state index contributed by atoms with van der Waals surface area (Å²) in [6.07, 6.45) is 10.2. The molecule has 1 aliphatic rings. The van der Waals surface area contributed by atoms with E-state index in [4.69, 9.17) is 0 Å². The summed E-state index contributed by atoms with van der Waals surface area (Å²) in [4.78, 5) is 15.4. The van der Waals surface area contributed by atoms with Gasteiger partial charge in [-0.1, -0.05) is 12.2 Å². The molecule has 5 heteroatoms. The van der Waals surface area contributed by atoms with Crippen molar-refractivity contribution >= 4 is 5.91 Å². The van der Waals surface area contributed by atoms with Crippen LogP contribution < -0.4 is 5.32 Å². The second kappa shape index (κ2) is 5.44. The quantitative estimate of drug-likeness (QED) is 0.745. The number of hydrogen-bond acceptors (Lipinski definition) is 3. The first-order valence-electron chi connectivity index (χ1n) is 5.60. The van der Waals surface area contributed by atoms with Crippen LogP contribution in [-0.2, 0) is 11.3 Å². The molecule has 0 bridgehead atoms. The Morgan fingerprint density at radius 3 is 3.19 bits per heavy atom. The van der Waals surface area contributed by atoms with E-state index in [1.54, 1.807) is 11.0 Å². The van der Waals surface area contributed by atoms with Crippen LogP contribution in [0.5, 0.6) is 0 Å². The highest BCUT2D eigenvalue weighted by molar-refractivity contribution is 5.76. The van der Waals surface area contributed by atoms with Crippen LogP contribution in [0.2, 0.25) is 0 Å². The fourth-order valence-corrected chi connectivity index (χ4v) is 1.83. The molecule has 1 heterocycles. The van der Waals surface area contributed by atoms with Crippen LogP contribution in [0.1, 0.15) is 19.3 Å². The average Bonchev–Trinajstić information content (AvgIpc) is 2.90. The summed E-state index contributed by atoms with van der Waals surface area (Å²) in [6.45, 7) is 1.28. The molecule has 1 atom stereocenters. The van der Waals surface area contributed by atoms with Crippen LogP contribution in [0.25, 0.3) is 0 Å². The lowest BCUT2D eigenvalue weighted by Gasteiger charge is -2.08. The summed E-state index contributed by atoms with van der Waals surface area (Å²) in [5, 5.41) is 6.85. The lowest BCUT2D eigenvalue weighted by atomic mass is 10.1. The van der Waals surface area contributed by atoms with Crippen molar-refractivity contribution in [2.24, 2.45) is 5.92 Å². The molecule has 2 rings (SSSR count). The third-order valence-electron chi connectivity index (χ3n) is 2.69. The summed E-state index contributed by atoms with van der Waals surface area (Å²) in [5.41, 5.74) is 0. The highest BCUT2D eigenvalue weighted by atomic mass is 16.1. The van der Waals surface area contributed by atoms with Crippen molar-refractivity contribution in [2.45, 2.75) is 25.8 Å². The van der Waals surface area contributed by atoms with Crippen molar-refractivity contribution in [1.29, 1.82) is 0 Å². The van der Waals surface area contributed by atoms with Crippen molar-refractivity contribution < 1.29 is 4.79 Å². The minimum atomic E-state index is 0.122. The number of allylic oxidation sites excluding steroid dienone is 2. The summed E-state index contributed by atoms with van der Waals surface area (Å²) < 4.78 is 1.70. The van der Waals surface area contributed by atoms with E-state index in [1.807, 2.05) is 0 Å². The number of carbonyl (C=O) groups excluding carboxylic acids is 1. The first kappa shape index (κ1) is 10.9. The van der Waals surface area contributed by atoms with E-state index in [9.17, 15) is 4.79 Å². The van der Waals surface area contributed by atoms with Crippen LogP contribution >= 0.6 is 0 Å². The van der Waals surface area contributed by atoms with Crippen molar-refractivity contribution in [1.82, 2.24) is 20.1 Å². The molecule has 0 aromatic carbocycles. The van der Waals surface area contributed by atoms with Gasteiger partial charge in [0, 0.05) is 13.0 Å². The van der Waals surface area contributed by atoms with Gasteiger partial charge in [-0.2, -0.15) is 5.10 Å². The fourth-order valence-electron chi connectivity index (χ4n) is 1.83. The fraction of sp³-hybridized carbons (Fsp3) is 0.545. The second-order valence-electron chi connectivity index (χ2n) is 3.98. The van der Waals surface area contributed by atoms with Crippen molar-refractivity contribution in [2.75, 3.05) is 6.54 Å². The molecule has 1 aromatic heterocycles. The SMILES string of the molecule is O=C(C[C@@H]1C=CCC1)NCCn1cncn1. The Morgan fingerprint density at radius 1 is 1.56 bits per heavy atom. The van der Waals surface area contributed by atoms with E-state index in [0.717, 1.165) is 12.8 Å². The predicted molar refractivity (Wildman–Crippen MR) is 59.5 cm³/mol. The molecule has 0 radical (unpaired) electrons. The maximum atomic E-state index is 11.5. The van der Waals surface area contributed by atoms with E-state index in [2.05, 4.69) is 27.6 Å². The zero-order valence-corrected chi connectivity index (χ0v) is 9.17. The number of nitrogens with one attached hydrogen (secondary N) is 1. The van der Waals surface area contributed by atoms with E-state index in [-0.39, 0.29) is 5.91 Å². The third kappa shape index (κ3) is 3.18.